The molecule has 50 valence electrons. The van der Waals surface area contributed by atoms with Crippen molar-refractivity contribution in [3.8, 4) is 0 Å². The van der Waals surface area contributed by atoms with Crippen LogP contribution in [0.2, 0.25) is 0 Å². The van der Waals surface area contributed by atoms with Gasteiger partial charge in [0.15, 0.2) is 0 Å². The molecule has 0 heterocycles. The van der Waals surface area contributed by atoms with E-state index in [-0.39, 0.29) is 23.9 Å². The van der Waals surface area contributed by atoms with Crippen LogP contribution in [0.25, 0.3) is 0 Å². The molecule has 9 heavy (non-hydrogen) atoms. The molecule has 0 aromatic heterocycles. The zero-order valence-electron chi connectivity index (χ0n) is 4.57. The third kappa shape index (κ3) is 11.2. The van der Waals surface area contributed by atoms with Gasteiger partial charge in [-0.1, -0.05) is 0 Å². The SMILES string of the molecule is O=C(O)/C=C\C(=O)O.[SnH2]. The number of aliphatic carboxylic acids is 2. The fraction of sp³-hybridized carbons (Fsp3) is 0. The molecule has 0 unspecified atom stereocenters. The maximum atomic E-state index is 9.55. The number of rotatable bonds is 2. The van der Waals surface area contributed by atoms with E-state index >= 15 is 0 Å². The van der Waals surface area contributed by atoms with Crippen LogP contribution in [0.4, 0.5) is 0 Å². The van der Waals surface area contributed by atoms with Gasteiger partial charge in [0.25, 0.3) is 0 Å². The summed E-state index contributed by atoms with van der Waals surface area (Å²) in [5.74, 6) is -2.51. The number of hydrogen-bond acceptors (Lipinski definition) is 2. The molecule has 0 aromatic rings. The fourth-order valence-corrected chi connectivity index (χ4v) is 0.143. The molecule has 0 saturated heterocycles. The normalized spacial score (nSPS) is 8.44. The van der Waals surface area contributed by atoms with Gasteiger partial charge in [0.2, 0.25) is 0 Å². The van der Waals surface area contributed by atoms with Gasteiger partial charge < -0.3 is 10.2 Å². The molecule has 0 aliphatic heterocycles. The van der Waals surface area contributed by atoms with Gasteiger partial charge in [-0.2, -0.15) is 0 Å². The Bertz CT molecular complexity index is 124. The van der Waals surface area contributed by atoms with Gasteiger partial charge in [-0.25, -0.2) is 9.59 Å². The van der Waals surface area contributed by atoms with E-state index in [0.29, 0.717) is 12.2 Å². The molecule has 5 heteroatoms. The molecule has 2 radical (unpaired) electrons. The third-order valence-electron chi connectivity index (χ3n) is 0.368. The van der Waals surface area contributed by atoms with Crippen LogP contribution < -0.4 is 0 Å². The first-order chi connectivity index (χ1) is 3.63. The van der Waals surface area contributed by atoms with Crippen molar-refractivity contribution in [2.75, 3.05) is 0 Å². The van der Waals surface area contributed by atoms with E-state index in [9.17, 15) is 9.59 Å². The fourth-order valence-electron chi connectivity index (χ4n) is 0.143. The van der Waals surface area contributed by atoms with Crippen molar-refractivity contribution in [2.45, 2.75) is 0 Å². The van der Waals surface area contributed by atoms with Crippen molar-refractivity contribution in [3.63, 3.8) is 0 Å². The Kier molecular flexibility index (Phi) is 7.05. The van der Waals surface area contributed by atoms with E-state index in [1.807, 2.05) is 0 Å². The molecule has 0 aromatic carbocycles. The second kappa shape index (κ2) is 5.61. The molecular weight excluding hydrogens is 231 g/mol. The maximum absolute atomic E-state index is 9.55. The van der Waals surface area contributed by atoms with Crippen molar-refractivity contribution in [1.82, 2.24) is 0 Å². The molecule has 0 amide bonds. The van der Waals surface area contributed by atoms with Crippen LogP contribution >= 0.6 is 0 Å². The van der Waals surface area contributed by atoms with Crippen LogP contribution in [0.5, 0.6) is 0 Å². The monoisotopic (exact) mass is 238 g/mol. The summed E-state index contributed by atoms with van der Waals surface area (Å²) in [6, 6.07) is 0. The second-order valence-corrected chi connectivity index (χ2v) is 1.01. The van der Waals surface area contributed by atoms with Crippen LogP contribution in [0.1, 0.15) is 0 Å². The minimum atomic E-state index is -1.26. The number of carboxylic acids is 2. The second-order valence-electron chi connectivity index (χ2n) is 1.01. The van der Waals surface area contributed by atoms with E-state index in [2.05, 4.69) is 0 Å². The van der Waals surface area contributed by atoms with Gasteiger partial charge in [0.05, 0.1) is 0 Å². The van der Waals surface area contributed by atoms with Crippen LogP contribution in [-0.2, 0) is 9.59 Å². The molecule has 0 saturated carbocycles. The molecule has 0 rings (SSSR count). The first kappa shape index (κ1) is 11.3. The van der Waals surface area contributed by atoms with E-state index in [1.165, 1.54) is 0 Å². The van der Waals surface area contributed by atoms with E-state index in [0.717, 1.165) is 0 Å². The Morgan fingerprint density at radius 1 is 1.00 bits per heavy atom. The Morgan fingerprint density at radius 2 is 1.22 bits per heavy atom. The van der Waals surface area contributed by atoms with E-state index in [4.69, 9.17) is 10.2 Å². The van der Waals surface area contributed by atoms with E-state index in [1.54, 1.807) is 0 Å². The summed E-state index contributed by atoms with van der Waals surface area (Å²) in [6.45, 7) is 0. The average molecular weight is 237 g/mol. The standard InChI is InChI=1S/C4H4O4.Sn.2H/c5-3(6)1-2-4(7)8;;;/h1-2H,(H,5,6)(H,7,8);;;/b2-1-;;;. The molecule has 0 bridgehead atoms. The van der Waals surface area contributed by atoms with Crippen molar-refractivity contribution in [1.29, 1.82) is 0 Å². The zero-order valence-corrected chi connectivity index (χ0v) is 8.61. The van der Waals surface area contributed by atoms with Gasteiger partial charge in [-0.05, 0) is 0 Å². The van der Waals surface area contributed by atoms with Gasteiger partial charge in [-0.3, -0.25) is 0 Å². The Hall–Kier alpha value is -0.521. The molecule has 0 spiro atoms. The average Bonchev–Trinajstić information content (AvgIpc) is 1.61. The predicted octanol–water partition coefficient (Wildman–Crippen LogP) is -1.20. The van der Waals surface area contributed by atoms with Crippen LogP contribution in [-0.4, -0.2) is 46.1 Å². The summed E-state index contributed by atoms with van der Waals surface area (Å²) in [5.41, 5.74) is 0. The molecule has 0 aliphatic carbocycles. The third-order valence-corrected chi connectivity index (χ3v) is 0.368. The number of hydrogen-bond donors (Lipinski definition) is 2. The minimum absolute atomic E-state index is 0. The number of carboxylic acid groups (broad SMARTS) is 2. The quantitative estimate of drug-likeness (QED) is 0.467. The van der Waals surface area contributed by atoms with Gasteiger partial charge >= 0.3 is 35.8 Å². The summed E-state index contributed by atoms with van der Waals surface area (Å²) < 4.78 is 0. The van der Waals surface area contributed by atoms with Gasteiger partial charge in [0, 0.05) is 12.2 Å². The predicted molar refractivity (Wildman–Crippen MR) is 33.0 cm³/mol. The van der Waals surface area contributed by atoms with Crippen molar-refractivity contribution in [3.05, 3.63) is 12.2 Å². The molecule has 4 nitrogen and oxygen atoms in total. The molecule has 0 fully saturated rings. The van der Waals surface area contributed by atoms with Crippen molar-refractivity contribution in [2.24, 2.45) is 0 Å². The molecular formula is C4H6O4Sn. The van der Waals surface area contributed by atoms with Crippen LogP contribution in [0.3, 0.4) is 0 Å². The van der Waals surface area contributed by atoms with Crippen molar-refractivity contribution < 1.29 is 19.8 Å². The summed E-state index contributed by atoms with van der Waals surface area (Å²) in [7, 11) is 0. The zero-order chi connectivity index (χ0) is 6.57. The van der Waals surface area contributed by atoms with Gasteiger partial charge in [0.1, 0.15) is 0 Å². The van der Waals surface area contributed by atoms with Crippen LogP contribution in [0, 0.1) is 0 Å². The Morgan fingerprint density at radius 3 is 1.33 bits per heavy atom. The van der Waals surface area contributed by atoms with E-state index < -0.39 is 11.9 Å². The Balaban J connectivity index is 0. The summed E-state index contributed by atoms with van der Waals surface area (Å²) in [6.07, 6.45) is 1.12. The Labute approximate surface area is 68.1 Å². The van der Waals surface area contributed by atoms with Crippen molar-refractivity contribution >= 4 is 35.8 Å². The first-order valence-electron chi connectivity index (χ1n) is 1.77. The first-order valence-corrected chi connectivity index (χ1v) is 1.77. The molecule has 0 atom stereocenters. The van der Waals surface area contributed by atoms with Gasteiger partial charge in [-0.15, -0.1) is 0 Å². The summed E-state index contributed by atoms with van der Waals surface area (Å²) in [4.78, 5) is 19.1. The molecule has 2 N–H and O–H groups in total. The molecule has 0 aliphatic rings. The summed E-state index contributed by atoms with van der Waals surface area (Å²) >= 11 is 0. The number of carbonyl (C=O) groups is 2. The topological polar surface area (TPSA) is 74.6 Å². The van der Waals surface area contributed by atoms with Crippen LogP contribution in [0.15, 0.2) is 12.2 Å². The summed E-state index contributed by atoms with van der Waals surface area (Å²) in [5, 5.41) is 15.6.